The second kappa shape index (κ2) is 7.98. The van der Waals surface area contributed by atoms with Crippen LogP contribution in [0.25, 0.3) is 0 Å². The molecule has 0 aliphatic rings. The maximum Gasteiger partial charge on any atom is 0.326 e. The first-order valence-corrected chi connectivity index (χ1v) is 6.55. The number of aliphatic carboxylic acids is 1. The van der Waals surface area contributed by atoms with E-state index in [4.69, 9.17) is 4.74 Å². The highest BCUT2D eigenvalue weighted by molar-refractivity contribution is 5.96. The van der Waals surface area contributed by atoms with Crippen molar-refractivity contribution in [1.29, 1.82) is 0 Å². The number of aromatic nitrogens is 1. The molecule has 7 heteroatoms. The van der Waals surface area contributed by atoms with Gasteiger partial charge in [-0.15, -0.1) is 0 Å². The summed E-state index contributed by atoms with van der Waals surface area (Å²) >= 11 is 0. The van der Waals surface area contributed by atoms with E-state index in [1.807, 2.05) is 0 Å². The minimum Gasteiger partial charge on any atom is -0.480 e. The van der Waals surface area contributed by atoms with Gasteiger partial charge in [-0.05, 0) is 25.0 Å². The van der Waals surface area contributed by atoms with Crippen LogP contribution >= 0.6 is 0 Å². The Bertz CT molecular complexity index is 503. The molecule has 0 aliphatic heterocycles. The molecule has 2 atom stereocenters. The molecule has 1 heterocycles. The van der Waals surface area contributed by atoms with Crippen molar-refractivity contribution in [3.05, 3.63) is 30.1 Å². The predicted octanol–water partition coefficient (Wildman–Crippen LogP) is 0.854. The van der Waals surface area contributed by atoms with E-state index in [2.05, 4.69) is 10.3 Å². The lowest BCUT2D eigenvalue weighted by molar-refractivity contribution is -0.145. The molecule has 0 fully saturated rings. The maximum atomic E-state index is 11.9. The van der Waals surface area contributed by atoms with Gasteiger partial charge in [0.15, 0.2) is 0 Å². The molecular formula is C14H18N2O5. The van der Waals surface area contributed by atoms with Crippen LogP contribution in [0.15, 0.2) is 24.5 Å². The van der Waals surface area contributed by atoms with Crippen LogP contribution in [0.1, 0.15) is 30.6 Å². The molecule has 1 aromatic rings. The van der Waals surface area contributed by atoms with E-state index in [1.165, 1.54) is 18.5 Å². The number of rotatable bonds is 7. The summed E-state index contributed by atoms with van der Waals surface area (Å²) in [5, 5.41) is 11.6. The van der Waals surface area contributed by atoms with Gasteiger partial charge in [-0.25, -0.2) is 4.79 Å². The van der Waals surface area contributed by atoms with Crippen LogP contribution in [0.4, 0.5) is 0 Å². The number of ether oxygens (including phenoxy) is 1. The Balaban J connectivity index is 2.71. The van der Waals surface area contributed by atoms with Crippen LogP contribution in [-0.4, -0.2) is 40.6 Å². The summed E-state index contributed by atoms with van der Waals surface area (Å²) in [7, 11) is 0. The molecule has 21 heavy (non-hydrogen) atoms. The minimum atomic E-state index is -1.20. The topological polar surface area (TPSA) is 106 Å². The molecule has 1 rings (SSSR count). The van der Waals surface area contributed by atoms with Gasteiger partial charge in [0.25, 0.3) is 5.91 Å². The lowest BCUT2D eigenvalue weighted by Crippen LogP contribution is -2.45. The fraction of sp³-hybridized carbons (Fsp3) is 0.429. The predicted molar refractivity (Wildman–Crippen MR) is 73.5 cm³/mol. The van der Waals surface area contributed by atoms with Crippen molar-refractivity contribution in [2.45, 2.75) is 26.3 Å². The Morgan fingerprint density at radius 3 is 2.67 bits per heavy atom. The zero-order chi connectivity index (χ0) is 15.8. The summed E-state index contributed by atoms with van der Waals surface area (Å²) in [5.41, 5.74) is 0.257. The largest absolute Gasteiger partial charge is 0.480 e. The van der Waals surface area contributed by atoms with Crippen molar-refractivity contribution in [3.63, 3.8) is 0 Å². The fourth-order valence-corrected chi connectivity index (χ4v) is 1.77. The van der Waals surface area contributed by atoms with E-state index in [0.717, 1.165) is 0 Å². The summed E-state index contributed by atoms with van der Waals surface area (Å²) in [6, 6.07) is 1.92. The number of carboxylic acids is 1. The van der Waals surface area contributed by atoms with Crippen molar-refractivity contribution in [3.8, 4) is 0 Å². The Morgan fingerprint density at radius 2 is 2.14 bits per heavy atom. The molecule has 1 amide bonds. The van der Waals surface area contributed by atoms with Crippen molar-refractivity contribution < 1.29 is 24.2 Å². The van der Waals surface area contributed by atoms with E-state index in [0.29, 0.717) is 0 Å². The normalized spacial score (nSPS) is 13.0. The van der Waals surface area contributed by atoms with Crippen molar-refractivity contribution in [2.24, 2.45) is 5.92 Å². The van der Waals surface area contributed by atoms with Crippen molar-refractivity contribution in [2.75, 3.05) is 6.61 Å². The quantitative estimate of drug-likeness (QED) is 0.722. The van der Waals surface area contributed by atoms with Gasteiger partial charge in [0.2, 0.25) is 0 Å². The molecule has 2 N–H and O–H groups in total. The Hall–Kier alpha value is -2.44. The van der Waals surface area contributed by atoms with Crippen molar-refractivity contribution >= 4 is 17.8 Å². The highest BCUT2D eigenvalue weighted by atomic mass is 16.5. The lowest BCUT2D eigenvalue weighted by atomic mass is 9.98. The molecule has 0 saturated carbocycles. The zero-order valence-corrected chi connectivity index (χ0v) is 11.9. The van der Waals surface area contributed by atoms with Crippen molar-refractivity contribution in [1.82, 2.24) is 10.3 Å². The molecule has 0 aromatic carbocycles. The van der Waals surface area contributed by atoms with Gasteiger partial charge in [0, 0.05) is 12.4 Å². The van der Waals surface area contributed by atoms with Crippen LogP contribution in [0, 0.1) is 5.92 Å². The third kappa shape index (κ3) is 5.21. The number of carbonyl (C=O) groups is 3. The maximum absolute atomic E-state index is 11.9. The smallest absolute Gasteiger partial charge is 0.326 e. The summed E-state index contributed by atoms with van der Waals surface area (Å²) in [6.45, 7) is 3.46. The first kappa shape index (κ1) is 16.6. The Kier molecular flexibility index (Phi) is 6.32. The number of hydrogen-bond acceptors (Lipinski definition) is 5. The number of carbonyl (C=O) groups excluding carboxylic acids is 2. The van der Waals surface area contributed by atoms with Gasteiger partial charge in [-0.1, -0.05) is 6.92 Å². The Morgan fingerprint density at radius 1 is 1.43 bits per heavy atom. The number of nitrogens with zero attached hydrogens (tertiary/aromatic N) is 1. The number of pyridine rings is 1. The molecule has 0 aliphatic carbocycles. The third-order valence-electron chi connectivity index (χ3n) is 2.84. The SMILES string of the molecule is CCOC(=O)C[C@@H](C)[C@H](NC(=O)c1cccnc1)C(=O)O. The van der Waals surface area contributed by atoms with Crippen LogP contribution in [-0.2, 0) is 14.3 Å². The standard InChI is InChI=1S/C14H18N2O5/c1-3-21-11(17)7-9(2)12(14(19)20)16-13(18)10-5-4-6-15-8-10/h4-6,8-9,12H,3,7H2,1-2H3,(H,16,18)(H,19,20)/t9-,12+/m1/s1. The summed E-state index contributed by atoms with van der Waals surface area (Å²) < 4.78 is 4.78. The molecule has 7 nitrogen and oxygen atoms in total. The van der Waals surface area contributed by atoms with E-state index in [-0.39, 0.29) is 18.6 Å². The van der Waals surface area contributed by atoms with E-state index >= 15 is 0 Å². The Labute approximate surface area is 122 Å². The summed E-state index contributed by atoms with van der Waals surface area (Å²) in [4.78, 5) is 38.4. The molecule has 0 spiro atoms. The monoisotopic (exact) mass is 294 g/mol. The highest BCUT2D eigenvalue weighted by Crippen LogP contribution is 2.11. The number of nitrogens with one attached hydrogen (secondary N) is 1. The number of carboxylic acid groups (broad SMARTS) is 1. The van der Waals surface area contributed by atoms with Gasteiger partial charge < -0.3 is 15.2 Å². The van der Waals surface area contributed by atoms with Gasteiger partial charge in [0.1, 0.15) is 6.04 Å². The van der Waals surface area contributed by atoms with Crippen LogP contribution in [0.3, 0.4) is 0 Å². The van der Waals surface area contributed by atoms with E-state index < -0.39 is 29.8 Å². The number of amides is 1. The second-order valence-corrected chi connectivity index (χ2v) is 4.52. The molecule has 0 unspecified atom stereocenters. The van der Waals surface area contributed by atoms with Crippen LogP contribution in [0.5, 0.6) is 0 Å². The average Bonchev–Trinajstić information content (AvgIpc) is 2.45. The summed E-state index contributed by atoms with van der Waals surface area (Å²) in [5.74, 6) is -2.84. The van der Waals surface area contributed by atoms with Crippen LogP contribution < -0.4 is 5.32 Å². The minimum absolute atomic E-state index is 0.0852. The third-order valence-corrected chi connectivity index (χ3v) is 2.84. The van der Waals surface area contributed by atoms with E-state index in [1.54, 1.807) is 19.9 Å². The first-order chi connectivity index (χ1) is 9.95. The van der Waals surface area contributed by atoms with E-state index in [9.17, 15) is 19.5 Å². The zero-order valence-electron chi connectivity index (χ0n) is 11.9. The second-order valence-electron chi connectivity index (χ2n) is 4.52. The van der Waals surface area contributed by atoms with Gasteiger partial charge >= 0.3 is 11.9 Å². The molecule has 0 saturated heterocycles. The first-order valence-electron chi connectivity index (χ1n) is 6.55. The van der Waals surface area contributed by atoms with Crippen LogP contribution in [0.2, 0.25) is 0 Å². The molecular weight excluding hydrogens is 276 g/mol. The molecule has 0 radical (unpaired) electrons. The average molecular weight is 294 g/mol. The molecule has 1 aromatic heterocycles. The lowest BCUT2D eigenvalue weighted by Gasteiger charge is -2.20. The summed E-state index contributed by atoms with van der Waals surface area (Å²) in [6.07, 6.45) is 2.76. The van der Waals surface area contributed by atoms with Gasteiger partial charge in [-0.3, -0.25) is 14.6 Å². The number of hydrogen-bond donors (Lipinski definition) is 2. The highest BCUT2D eigenvalue weighted by Gasteiger charge is 2.28. The molecule has 114 valence electrons. The molecule has 0 bridgehead atoms. The number of esters is 1. The van der Waals surface area contributed by atoms with Gasteiger partial charge in [-0.2, -0.15) is 0 Å². The fourth-order valence-electron chi connectivity index (χ4n) is 1.77. The van der Waals surface area contributed by atoms with Gasteiger partial charge in [0.05, 0.1) is 18.6 Å².